The Bertz CT molecular complexity index is 432. The van der Waals surface area contributed by atoms with E-state index in [1.54, 1.807) is 4.90 Å². The number of aromatic nitrogens is 2. The minimum absolute atomic E-state index is 0.247. The van der Waals surface area contributed by atoms with Crippen LogP contribution in [0, 0.1) is 5.92 Å². The zero-order chi connectivity index (χ0) is 13.3. The van der Waals surface area contributed by atoms with Gasteiger partial charge in [0.15, 0.2) is 5.69 Å². The summed E-state index contributed by atoms with van der Waals surface area (Å²) in [5, 5.41) is -0.367. The second-order valence-corrected chi connectivity index (χ2v) is 4.70. The lowest BCUT2D eigenvalue weighted by molar-refractivity contribution is -0.141. The van der Waals surface area contributed by atoms with Crippen LogP contribution < -0.4 is 4.90 Å². The smallest absolute Gasteiger partial charge is 0.356 e. The Hall–Kier alpha value is -1.04. The molecule has 1 aliphatic carbocycles. The van der Waals surface area contributed by atoms with Gasteiger partial charge in [0.05, 0.1) is 0 Å². The van der Waals surface area contributed by atoms with Crippen molar-refractivity contribution in [3.05, 3.63) is 17.0 Å². The fourth-order valence-corrected chi connectivity index (χ4v) is 1.89. The van der Waals surface area contributed by atoms with Crippen LogP contribution in [0.4, 0.5) is 19.0 Å². The largest absolute Gasteiger partial charge is 0.433 e. The van der Waals surface area contributed by atoms with Gasteiger partial charge in [0.25, 0.3) is 0 Å². The molecule has 1 saturated carbocycles. The second-order valence-electron chi connectivity index (χ2n) is 4.36. The lowest BCUT2D eigenvalue weighted by atomic mass is 10.3. The summed E-state index contributed by atoms with van der Waals surface area (Å²) in [5.41, 5.74) is -0.994. The second kappa shape index (κ2) is 4.91. The van der Waals surface area contributed by atoms with E-state index >= 15 is 0 Å². The Morgan fingerprint density at radius 2 is 2.06 bits per heavy atom. The summed E-state index contributed by atoms with van der Waals surface area (Å²) in [6, 6.07) is 0.956. The molecule has 1 fully saturated rings. The normalized spacial score (nSPS) is 15.8. The highest BCUT2D eigenvalue weighted by Crippen LogP contribution is 2.33. The molecule has 1 aliphatic rings. The molecule has 0 spiro atoms. The SMILES string of the molecule is CCN(CC1CC1)c1cc(C(F)(F)F)nc(Cl)n1. The van der Waals surface area contributed by atoms with Crippen molar-refractivity contribution in [1.82, 2.24) is 9.97 Å². The van der Waals surface area contributed by atoms with E-state index in [0.717, 1.165) is 25.5 Å². The van der Waals surface area contributed by atoms with Crippen molar-refractivity contribution in [2.75, 3.05) is 18.0 Å². The van der Waals surface area contributed by atoms with Gasteiger partial charge in [0.2, 0.25) is 5.28 Å². The topological polar surface area (TPSA) is 29.0 Å². The first kappa shape index (κ1) is 13.4. The summed E-state index contributed by atoms with van der Waals surface area (Å²) >= 11 is 5.56. The van der Waals surface area contributed by atoms with Crippen LogP contribution in [-0.2, 0) is 6.18 Å². The summed E-state index contributed by atoms with van der Waals surface area (Å²) in [4.78, 5) is 8.90. The Morgan fingerprint density at radius 1 is 1.39 bits per heavy atom. The molecule has 1 aromatic heterocycles. The molecular weight excluding hydrogens is 267 g/mol. The van der Waals surface area contributed by atoms with E-state index in [-0.39, 0.29) is 11.1 Å². The van der Waals surface area contributed by atoms with Gasteiger partial charge in [-0.25, -0.2) is 9.97 Å². The maximum absolute atomic E-state index is 12.6. The van der Waals surface area contributed by atoms with Crippen LogP contribution >= 0.6 is 11.6 Å². The van der Waals surface area contributed by atoms with Crippen LogP contribution in [0.2, 0.25) is 5.28 Å². The van der Waals surface area contributed by atoms with Crippen LogP contribution in [0.5, 0.6) is 0 Å². The van der Waals surface area contributed by atoms with Gasteiger partial charge in [-0.2, -0.15) is 13.2 Å². The first-order valence-corrected chi connectivity index (χ1v) is 6.14. The summed E-state index contributed by atoms with van der Waals surface area (Å²) in [6.07, 6.45) is -2.25. The zero-order valence-corrected chi connectivity index (χ0v) is 10.6. The summed E-state index contributed by atoms with van der Waals surface area (Å²) < 4.78 is 37.9. The number of alkyl halides is 3. The van der Waals surface area contributed by atoms with E-state index in [9.17, 15) is 13.2 Å². The minimum Gasteiger partial charge on any atom is -0.356 e. The van der Waals surface area contributed by atoms with Crippen molar-refractivity contribution in [3.63, 3.8) is 0 Å². The Balaban J connectivity index is 2.27. The fraction of sp³-hybridized carbons (Fsp3) is 0.636. The van der Waals surface area contributed by atoms with Crippen molar-refractivity contribution in [1.29, 1.82) is 0 Å². The Morgan fingerprint density at radius 3 is 2.56 bits per heavy atom. The third-order valence-electron chi connectivity index (χ3n) is 2.86. The molecule has 0 unspecified atom stereocenters. The molecule has 0 bridgehead atoms. The van der Waals surface area contributed by atoms with E-state index in [1.165, 1.54) is 0 Å². The van der Waals surface area contributed by atoms with Gasteiger partial charge in [-0.15, -0.1) is 0 Å². The number of nitrogens with zero attached hydrogens (tertiary/aromatic N) is 3. The minimum atomic E-state index is -4.50. The van der Waals surface area contributed by atoms with Gasteiger partial charge >= 0.3 is 6.18 Å². The summed E-state index contributed by atoms with van der Waals surface area (Å²) in [5.74, 6) is 0.810. The Labute approximate surface area is 108 Å². The number of anilines is 1. The van der Waals surface area contributed by atoms with Gasteiger partial charge in [-0.1, -0.05) is 0 Å². The van der Waals surface area contributed by atoms with Crippen LogP contribution in [0.25, 0.3) is 0 Å². The molecule has 0 aromatic carbocycles. The number of halogens is 4. The molecule has 0 aliphatic heterocycles. The maximum Gasteiger partial charge on any atom is 0.433 e. The first-order chi connectivity index (χ1) is 8.40. The van der Waals surface area contributed by atoms with Gasteiger partial charge in [0, 0.05) is 19.2 Å². The van der Waals surface area contributed by atoms with Crippen LogP contribution in [0.1, 0.15) is 25.5 Å². The van der Waals surface area contributed by atoms with Crippen LogP contribution in [0.15, 0.2) is 6.07 Å². The fourth-order valence-electron chi connectivity index (χ4n) is 1.71. The van der Waals surface area contributed by atoms with E-state index in [4.69, 9.17) is 11.6 Å². The van der Waals surface area contributed by atoms with Crippen molar-refractivity contribution in [2.45, 2.75) is 25.9 Å². The highest BCUT2D eigenvalue weighted by atomic mass is 35.5. The lowest BCUT2D eigenvalue weighted by Gasteiger charge is -2.22. The highest BCUT2D eigenvalue weighted by Gasteiger charge is 2.34. The molecule has 100 valence electrons. The lowest BCUT2D eigenvalue weighted by Crippen LogP contribution is -2.27. The molecule has 0 atom stereocenters. The van der Waals surface area contributed by atoms with Crippen molar-refractivity contribution in [3.8, 4) is 0 Å². The van der Waals surface area contributed by atoms with Gasteiger partial charge < -0.3 is 4.90 Å². The van der Waals surface area contributed by atoms with Gasteiger partial charge in [-0.05, 0) is 37.3 Å². The van der Waals surface area contributed by atoms with Crippen LogP contribution in [-0.4, -0.2) is 23.1 Å². The molecular formula is C11H13ClF3N3. The van der Waals surface area contributed by atoms with Crippen LogP contribution in [0.3, 0.4) is 0 Å². The molecule has 3 nitrogen and oxygen atoms in total. The van der Waals surface area contributed by atoms with Gasteiger partial charge in [0.1, 0.15) is 5.82 Å². The summed E-state index contributed by atoms with van der Waals surface area (Å²) in [7, 11) is 0. The molecule has 0 radical (unpaired) electrons. The molecule has 0 saturated heterocycles. The highest BCUT2D eigenvalue weighted by molar-refractivity contribution is 6.28. The third kappa shape index (κ3) is 3.25. The quantitative estimate of drug-likeness (QED) is 0.791. The average Bonchev–Trinajstić information content (AvgIpc) is 3.07. The van der Waals surface area contributed by atoms with Crippen molar-refractivity contribution < 1.29 is 13.2 Å². The first-order valence-electron chi connectivity index (χ1n) is 5.77. The van der Waals surface area contributed by atoms with E-state index in [1.807, 2.05) is 6.92 Å². The number of hydrogen-bond acceptors (Lipinski definition) is 3. The van der Waals surface area contributed by atoms with Gasteiger partial charge in [-0.3, -0.25) is 0 Å². The third-order valence-corrected chi connectivity index (χ3v) is 3.03. The van der Waals surface area contributed by atoms with E-state index in [2.05, 4.69) is 9.97 Å². The molecule has 2 rings (SSSR count). The molecule has 0 amide bonds. The molecule has 18 heavy (non-hydrogen) atoms. The predicted octanol–water partition coefficient (Wildman–Crippen LogP) is 3.39. The Kier molecular flexibility index (Phi) is 3.66. The molecule has 7 heteroatoms. The van der Waals surface area contributed by atoms with Crippen molar-refractivity contribution in [2.24, 2.45) is 5.92 Å². The maximum atomic E-state index is 12.6. The van der Waals surface area contributed by atoms with Crippen molar-refractivity contribution >= 4 is 17.4 Å². The molecule has 1 aromatic rings. The monoisotopic (exact) mass is 279 g/mol. The summed E-state index contributed by atoms with van der Waals surface area (Å²) in [6.45, 7) is 3.20. The van der Waals surface area contributed by atoms with E-state index < -0.39 is 11.9 Å². The average molecular weight is 280 g/mol. The molecule has 1 heterocycles. The number of hydrogen-bond donors (Lipinski definition) is 0. The van der Waals surface area contributed by atoms with E-state index in [0.29, 0.717) is 12.5 Å². The molecule has 0 N–H and O–H groups in total. The number of rotatable bonds is 4. The standard InChI is InChI=1S/C11H13ClF3N3/c1-2-18(6-7-3-4-7)9-5-8(11(13,14)15)16-10(12)17-9/h5,7H,2-4,6H2,1H3. The predicted molar refractivity (Wildman–Crippen MR) is 62.7 cm³/mol. The zero-order valence-electron chi connectivity index (χ0n) is 9.84.